The van der Waals surface area contributed by atoms with Crippen LogP contribution in [0.1, 0.15) is 84.8 Å². The van der Waals surface area contributed by atoms with Crippen LogP contribution in [0.2, 0.25) is 0 Å². The minimum Gasteiger partial charge on any atom is -0.322 e. The lowest BCUT2D eigenvalue weighted by Crippen LogP contribution is -2.39. The summed E-state index contributed by atoms with van der Waals surface area (Å²) in [6.07, 6.45) is 23.1. The van der Waals surface area contributed by atoms with Gasteiger partial charge >= 0.3 is 0 Å². The van der Waals surface area contributed by atoms with E-state index in [0.717, 1.165) is 56.2 Å². The zero-order valence-electron chi connectivity index (χ0n) is 20.3. The van der Waals surface area contributed by atoms with Gasteiger partial charge < -0.3 is 5.73 Å². The molecule has 1 atom stereocenters. The summed E-state index contributed by atoms with van der Waals surface area (Å²) in [7, 11) is 0. The average molecular weight is 435 g/mol. The Morgan fingerprint density at radius 2 is 1.84 bits per heavy atom. The Kier molecular flexibility index (Phi) is 8.05. The third-order valence-electron chi connectivity index (χ3n) is 6.92. The predicted molar refractivity (Wildman–Crippen MR) is 135 cm³/mol. The summed E-state index contributed by atoms with van der Waals surface area (Å²) in [6, 6.07) is 3.23. The summed E-state index contributed by atoms with van der Waals surface area (Å²) >= 11 is 0. The Labute approximate surface area is 193 Å². The number of hydrogen-bond donors (Lipinski definition) is 1. The summed E-state index contributed by atoms with van der Waals surface area (Å²) in [5.41, 5.74) is 13.0. The first-order chi connectivity index (χ1) is 15.2. The molecule has 0 amide bonds. The molecule has 2 aliphatic carbocycles. The van der Waals surface area contributed by atoms with Crippen LogP contribution >= 0.6 is 0 Å². The number of allylic oxidation sites excluding steroid dienone is 8. The Bertz CT molecular complexity index is 940. The molecule has 3 heteroatoms. The molecule has 172 valence electrons. The second kappa shape index (κ2) is 10.6. The van der Waals surface area contributed by atoms with Crippen LogP contribution in [-0.2, 0) is 0 Å². The zero-order valence-corrected chi connectivity index (χ0v) is 20.3. The first-order valence-corrected chi connectivity index (χ1v) is 12.0. The van der Waals surface area contributed by atoms with Crippen molar-refractivity contribution in [3.8, 4) is 0 Å². The van der Waals surface area contributed by atoms with Gasteiger partial charge in [0.05, 0.1) is 11.9 Å². The van der Waals surface area contributed by atoms with Gasteiger partial charge in [0, 0.05) is 5.54 Å². The van der Waals surface area contributed by atoms with E-state index in [4.69, 9.17) is 5.73 Å². The Morgan fingerprint density at radius 1 is 1.03 bits per heavy atom. The third kappa shape index (κ3) is 6.87. The summed E-state index contributed by atoms with van der Waals surface area (Å²) < 4.78 is 13.1. The number of hydrogen-bond acceptors (Lipinski definition) is 2. The van der Waals surface area contributed by atoms with Crippen molar-refractivity contribution in [2.75, 3.05) is 0 Å². The monoisotopic (exact) mass is 434 g/mol. The molecule has 0 aliphatic heterocycles. The van der Waals surface area contributed by atoms with Crippen molar-refractivity contribution in [3.05, 3.63) is 83.0 Å². The summed E-state index contributed by atoms with van der Waals surface area (Å²) in [5, 5.41) is 0. The van der Waals surface area contributed by atoms with Crippen LogP contribution in [0.4, 0.5) is 4.39 Å². The molecule has 0 bridgehead atoms. The standard InChI is InChI=1S/C29H39FN2/c1-5-28(2,3)19-22-9-6-7-11-25(12-8-10-22)29(4,31)20-23-13-15-24(16-14-23)27-18-17-26(30)21-32-27/h8-10,12-13,15,17-18,21H,5-7,11,14,16,19-20,31H2,1-4H3/b10-8+,22-9+,25-12+. The molecule has 0 aromatic carbocycles. The number of halogens is 1. The highest BCUT2D eigenvalue weighted by Crippen LogP contribution is 2.34. The van der Waals surface area contributed by atoms with Gasteiger partial charge in [-0.1, -0.05) is 80.4 Å². The average Bonchev–Trinajstić information content (AvgIpc) is 2.87. The number of aromatic nitrogens is 1. The number of rotatable bonds is 7. The molecule has 0 radical (unpaired) electrons. The molecule has 0 spiro atoms. The van der Waals surface area contributed by atoms with Crippen LogP contribution in [0.25, 0.3) is 5.57 Å². The van der Waals surface area contributed by atoms with Crippen LogP contribution in [-0.4, -0.2) is 10.5 Å². The maximum atomic E-state index is 13.1. The van der Waals surface area contributed by atoms with E-state index in [1.165, 1.54) is 35.4 Å². The molecule has 32 heavy (non-hydrogen) atoms. The lowest BCUT2D eigenvalue weighted by atomic mass is 9.80. The van der Waals surface area contributed by atoms with Gasteiger partial charge in [0.1, 0.15) is 5.82 Å². The molecule has 1 aromatic heterocycles. The van der Waals surface area contributed by atoms with Gasteiger partial charge in [-0.3, -0.25) is 4.98 Å². The van der Waals surface area contributed by atoms with E-state index in [-0.39, 0.29) is 11.4 Å². The van der Waals surface area contributed by atoms with Crippen molar-refractivity contribution < 1.29 is 4.39 Å². The molecule has 1 unspecified atom stereocenters. The molecular weight excluding hydrogens is 395 g/mol. The highest BCUT2D eigenvalue weighted by molar-refractivity contribution is 5.66. The number of nitrogens with zero attached hydrogens (tertiary/aromatic N) is 1. The van der Waals surface area contributed by atoms with Gasteiger partial charge in [0.15, 0.2) is 0 Å². The molecule has 2 nitrogen and oxygen atoms in total. The molecular formula is C29H39FN2. The molecule has 1 aromatic rings. The van der Waals surface area contributed by atoms with E-state index < -0.39 is 0 Å². The van der Waals surface area contributed by atoms with Crippen LogP contribution in [0.3, 0.4) is 0 Å². The van der Waals surface area contributed by atoms with E-state index in [0.29, 0.717) is 5.41 Å². The van der Waals surface area contributed by atoms with Crippen LogP contribution in [0.15, 0.2) is 71.5 Å². The maximum Gasteiger partial charge on any atom is 0.141 e. The third-order valence-corrected chi connectivity index (χ3v) is 6.92. The van der Waals surface area contributed by atoms with Crippen molar-refractivity contribution in [1.82, 2.24) is 4.98 Å². The molecule has 1 heterocycles. The number of nitrogens with two attached hydrogens (primary N) is 1. The molecule has 3 rings (SSSR count). The van der Waals surface area contributed by atoms with E-state index in [1.807, 2.05) is 0 Å². The van der Waals surface area contributed by atoms with Crippen LogP contribution < -0.4 is 5.73 Å². The Hall–Kier alpha value is -2.26. The fourth-order valence-corrected chi connectivity index (χ4v) is 4.50. The van der Waals surface area contributed by atoms with E-state index >= 15 is 0 Å². The van der Waals surface area contributed by atoms with Gasteiger partial charge in [-0.15, -0.1) is 0 Å². The van der Waals surface area contributed by atoms with Gasteiger partial charge in [-0.05, 0) is 75.0 Å². The van der Waals surface area contributed by atoms with E-state index in [9.17, 15) is 4.39 Å². The van der Waals surface area contributed by atoms with Crippen molar-refractivity contribution in [1.29, 1.82) is 0 Å². The minimum absolute atomic E-state index is 0.297. The van der Waals surface area contributed by atoms with Gasteiger partial charge in [-0.25, -0.2) is 4.39 Å². The predicted octanol–water partition coefficient (Wildman–Crippen LogP) is 7.85. The molecule has 0 fully saturated rings. The highest BCUT2D eigenvalue weighted by atomic mass is 19.1. The summed E-state index contributed by atoms with van der Waals surface area (Å²) in [6.45, 7) is 9.12. The van der Waals surface area contributed by atoms with E-state index in [1.54, 1.807) is 6.07 Å². The second-order valence-electron chi connectivity index (χ2n) is 10.4. The quantitative estimate of drug-likeness (QED) is 0.474. The first kappa shape index (κ1) is 24.4. The van der Waals surface area contributed by atoms with Crippen LogP contribution in [0.5, 0.6) is 0 Å². The molecule has 0 saturated heterocycles. The van der Waals surface area contributed by atoms with Crippen molar-refractivity contribution in [2.24, 2.45) is 11.1 Å². The van der Waals surface area contributed by atoms with Gasteiger partial charge in [-0.2, -0.15) is 0 Å². The van der Waals surface area contributed by atoms with E-state index in [2.05, 4.69) is 69.1 Å². The Morgan fingerprint density at radius 3 is 2.50 bits per heavy atom. The van der Waals surface area contributed by atoms with Gasteiger partial charge in [0.2, 0.25) is 0 Å². The maximum absolute atomic E-state index is 13.1. The molecule has 2 aliphatic rings. The minimum atomic E-state index is -0.358. The Balaban J connectivity index is 1.69. The normalized spacial score (nSPS) is 23.8. The van der Waals surface area contributed by atoms with Gasteiger partial charge in [0.25, 0.3) is 0 Å². The first-order valence-electron chi connectivity index (χ1n) is 12.0. The number of pyridine rings is 1. The van der Waals surface area contributed by atoms with Crippen molar-refractivity contribution in [3.63, 3.8) is 0 Å². The summed E-state index contributed by atoms with van der Waals surface area (Å²) in [4.78, 5) is 4.22. The zero-order chi connectivity index (χ0) is 23.2. The lowest BCUT2D eigenvalue weighted by molar-refractivity contribution is 0.350. The van der Waals surface area contributed by atoms with Crippen LogP contribution in [0, 0.1) is 11.2 Å². The second-order valence-corrected chi connectivity index (χ2v) is 10.4. The fraction of sp³-hybridized carbons (Fsp3) is 0.483. The highest BCUT2D eigenvalue weighted by Gasteiger charge is 2.26. The largest absolute Gasteiger partial charge is 0.322 e. The fourth-order valence-electron chi connectivity index (χ4n) is 4.50. The molecule has 0 saturated carbocycles. The SMILES string of the molecule is CCC(C)(C)CC1=C\CCC\C(C(C)(N)CC2=CC=C(c3ccc(F)cn3)CC2)=C/C=C/1. The lowest BCUT2D eigenvalue weighted by Gasteiger charge is -2.30. The van der Waals surface area contributed by atoms with Crippen molar-refractivity contribution in [2.45, 2.75) is 84.6 Å². The molecule has 2 N–H and O–H groups in total. The topological polar surface area (TPSA) is 38.9 Å². The summed E-state index contributed by atoms with van der Waals surface area (Å²) in [5.74, 6) is -0.297. The smallest absolute Gasteiger partial charge is 0.141 e. The van der Waals surface area contributed by atoms with Crippen molar-refractivity contribution >= 4 is 5.57 Å².